The second-order valence-electron chi connectivity index (χ2n) is 5.14. The normalized spacial score (nSPS) is 9.73. The maximum Gasteiger partial charge on any atom is 0.131 e. The molecule has 0 saturated heterocycles. The molecule has 0 bridgehead atoms. The molecule has 0 aliphatic heterocycles. The molecule has 0 aliphatic carbocycles. The minimum Gasteiger partial charge on any atom is -0.507 e. The quantitative estimate of drug-likeness (QED) is 0.600. The molecule has 1 nitrogen and oxygen atoms in total. The Morgan fingerprint density at radius 3 is 1.32 bits per heavy atom. The molecule has 0 radical (unpaired) electrons. The van der Waals surface area contributed by atoms with Gasteiger partial charge in [0, 0.05) is 11.1 Å². The minimum atomic E-state index is 0.333. The highest BCUT2D eigenvalue weighted by atomic mass is 16.3. The van der Waals surface area contributed by atoms with Crippen molar-refractivity contribution in [2.24, 2.45) is 0 Å². The summed E-state index contributed by atoms with van der Waals surface area (Å²) in [5.41, 5.74) is 3.78. The molecule has 3 aromatic carbocycles. The van der Waals surface area contributed by atoms with E-state index in [1.165, 1.54) is 6.42 Å². The van der Waals surface area contributed by atoms with E-state index in [4.69, 9.17) is 0 Å². The molecule has 0 atom stereocenters. The van der Waals surface area contributed by atoms with Gasteiger partial charge in [0.25, 0.3) is 0 Å². The third-order valence-corrected chi connectivity index (χ3v) is 3.21. The zero-order valence-electron chi connectivity index (χ0n) is 13.2. The lowest BCUT2D eigenvalue weighted by Gasteiger charge is -2.10. The summed E-state index contributed by atoms with van der Waals surface area (Å²) < 4.78 is 0. The molecule has 112 valence electrons. The third kappa shape index (κ3) is 3.76. The van der Waals surface area contributed by atoms with Gasteiger partial charge in [-0.2, -0.15) is 0 Å². The van der Waals surface area contributed by atoms with Crippen LogP contribution in [-0.4, -0.2) is 5.11 Å². The lowest BCUT2D eigenvalue weighted by atomic mass is 9.97. The number of phenols is 1. The fourth-order valence-electron chi connectivity index (χ4n) is 2.24. The van der Waals surface area contributed by atoms with Crippen LogP contribution in [0.2, 0.25) is 0 Å². The topological polar surface area (TPSA) is 20.2 Å². The Balaban J connectivity index is 0.000000545. The van der Waals surface area contributed by atoms with Crippen LogP contribution >= 0.6 is 0 Å². The second kappa shape index (κ2) is 8.04. The standard InChI is InChI=1S/C18H14O.C3H8/c19-18-16(14-8-3-1-4-9-14)12-7-13-17(18)15-10-5-2-6-11-15;1-3-2/h1-13,19H;3H2,1-2H3. The maximum atomic E-state index is 10.5. The van der Waals surface area contributed by atoms with E-state index in [2.05, 4.69) is 13.8 Å². The van der Waals surface area contributed by atoms with Gasteiger partial charge >= 0.3 is 0 Å². The lowest BCUT2D eigenvalue weighted by Crippen LogP contribution is -1.83. The first-order valence-corrected chi connectivity index (χ1v) is 7.70. The number of aromatic hydroxyl groups is 1. The molecular weight excluding hydrogens is 268 g/mol. The predicted octanol–water partition coefficient (Wildman–Crippen LogP) is 6.14. The number of hydrogen-bond acceptors (Lipinski definition) is 1. The zero-order chi connectivity index (χ0) is 15.8. The van der Waals surface area contributed by atoms with Crippen LogP contribution in [0.3, 0.4) is 0 Å². The molecule has 1 heteroatoms. The first-order chi connectivity index (χ1) is 10.8. The highest BCUT2D eigenvalue weighted by molar-refractivity contribution is 5.81. The second-order valence-corrected chi connectivity index (χ2v) is 5.14. The summed E-state index contributed by atoms with van der Waals surface area (Å²) in [6.07, 6.45) is 1.25. The van der Waals surface area contributed by atoms with Crippen molar-refractivity contribution < 1.29 is 5.11 Å². The average Bonchev–Trinajstić information content (AvgIpc) is 2.57. The van der Waals surface area contributed by atoms with Crippen molar-refractivity contribution >= 4 is 0 Å². The van der Waals surface area contributed by atoms with Gasteiger partial charge in [-0.3, -0.25) is 0 Å². The molecule has 0 saturated carbocycles. The molecule has 0 aromatic heterocycles. The lowest BCUT2D eigenvalue weighted by molar-refractivity contribution is 0.479. The van der Waals surface area contributed by atoms with Crippen LogP contribution in [0.1, 0.15) is 20.3 Å². The van der Waals surface area contributed by atoms with Gasteiger partial charge < -0.3 is 5.11 Å². The first kappa shape index (κ1) is 15.8. The summed E-state index contributed by atoms with van der Waals surface area (Å²) in [6.45, 7) is 4.25. The van der Waals surface area contributed by atoms with Gasteiger partial charge in [-0.1, -0.05) is 99.1 Å². The molecule has 0 unspecified atom stereocenters. The van der Waals surface area contributed by atoms with Crippen molar-refractivity contribution in [1.29, 1.82) is 0 Å². The Hall–Kier alpha value is -2.54. The highest BCUT2D eigenvalue weighted by Gasteiger charge is 2.09. The molecule has 0 amide bonds. The molecule has 0 heterocycles. The van der Waals surface area contributed by atoms with Crippen LogP contribution in [0, 0.1) is 0 Å². The number of benzene rings is 3. The largest absolute Gasteiger partial charge is 0.507 e. The highest BCUT2D eigenvalue weighted by Crippen LogP contribution is 2.37. The molecule has 0 spiro atoms. The number of phenolic OH excluding ortho intramolecular Hbond substituents is 1. The summed E-state index contributed by atoms with van der Waals surface area (Å²) in [7, 11) is 0. The summed E-state index contributed by atoms with van der Waals surface area (Å²) in [5, 5.41) is 10.5. The summed E-state index contributed by atoms with van der Waals surface area (Å²) in [4.78, 5) is 0. The smallest absolute Gasteiger partial charge is 0.131 e. The van der Waals surface area contributed by atoms with Crippen LogP contribution in [0.25, 0.3) is 22.3 Å². The number of para-hydroxylation sites is 1. The van der Waals surface area contributed by atoms with E-state index >= 15 is 0 Å². The Labute approximate surface area is 132 Å². The minimum absolute atomic E-state index is 0.333. The first-order valence-electron chi connectivity index (χ1n) is 7.70. The van der Waals surface area contributed by atoms with Crippen LogP contribution in [0.15, 0.2) is 78.9 Å². The Morgan fingerprint density at radius 2 is 0.955 bits per heavy atom. The Bertz CT molecular complexity index is 630. The van der Waals surface area contributed by atoms with E-state index in [-0.39, 0.29) is 0 Å². The van der Waals surface area contributed by atoms with Gasteiger partial charge in [0.15, 0.2) is 0 Å². The summed E-state index contributed by atoms with van der Waals surface area (Å²) in [6, 6.07) is 25.7. The molecule has 0 aliphatic rings. The van der Waals surface area contributed by atoms with Crippen molar-refractivity contribution in [2.45, 2.75) is 20.3 Å². The molecule has 1 N–H and O–H groups in total. The van der Waals surface area contributed by atoms with Crippen LogP contribution < -0.4 is 0 Å². The number of rotatable bonds is 2. The molecule has 22 heavy (non-hydrogen) atoms. The predicted molar refractivity (Wildman–Crippen MR) is 94.9 cm³/mol. The average molecular weight is 290 g/mol. The van der Waals surface area contributed by atoms with Crippen molar-refractivity contribution in [2.75, 3.05) is 0 Å². The van der Waals surface area contributed by atoms with E-state index in [1.807, 2.05) is 78.9 Å². The van der Waals surface area contributed by atoms with E-state index < -0.39 is 0 Å². The van der Waals surface area contributed by atoms with E-state index in [0.29, 0.717) is 5.75 Å². The van der Waals surface area contributed by atoms with Gasteiger partial charge in [-0.05, 0) is 11.1 Å². The molecule has 3 rings (SSSR count). The molecule has 0 fully saturated rings. The molecular formula is C21H22O. The third-order valence-electron chi connectivity index (χ3n) is 3.21. The van der Waals surface area contributed by atoms with Gasteiger partial charge in [0.05, 0.1) is 0 Å². The fourth-order valence-corrected chi connectivity index (χ4v) is 2.24. The van der Waals surface area contributed by atoms with E-state index in [1.54, 1.807) is 0 Å². The number of hydrogen-bond donors (Lipinski definition) is 1. The van der Waals surface area contributed by atoms with Crippen molar-refractivity contribution in [1.82, 2.24) is 0 Å². The van der Waals surface area contributed by atoms with Gasteiger partial charge in [-0.25, -0.2) is 0 Å². The Kier molecular flexibility index (Phi) is 5.79. The van der Waals surface area contributed by atoms with Crippen molar-refractivity contribution in [3.05, 3.63) is 78.9 Å². The SMILES string of the molecule is CCC.Oc1c(-c2ccccc2)cccc1-c1ccccc1. The van der Waals surface area contributed by atoms with Gasteiger partial charge in [0.2, 0.25) is 0 Å². The van der Waals surface area contributed by atoms with Gasteiger partial charge in [0.1, 0.15) is 5.75 Å². The Morgan fingerprint density at radius 1 is 0.591 bits per heavy atom. The van der Waals surface area contributed by atoms with Gasteiger partial charge in [-0.15, -0.1) is 0 Å². The van der Waals surface area contributed by atoms with Crippen LogP contribution in [0.5, 0.6) is 5.75 Å². The maximum absolute atomic E-state index is 10.5. The van der Waals surface area contributed by atoms with Crippen molar-refractivity contribution in [3.63, 3.8) is 0 Å². The van der Waals surface area contributed by atoms with Crippen molar-refractivity contribution in [3.8, 4) is 28.0 Å². The zero-order valence-corrected chi connectivity index (χ0v) is 13.2. The van der Waals surface area contributed by atoms with Crippen LogP contribution in [-0.2, 0) is 0 Å². The van der Waals surface area contributed by atoms with E-state index in [0.717, 1.165) is 22.3 Å². The van der Waals surface area contributed by atoms with E-state index in [9.17, 15) is 5.11 Å². The fraction of sp³-hybridized carbons (Fsp3) is 0.143. The van der Waals surface area contributed by atoms with Crippen LogP contribution in [0.4, 0.5) is 0 Å². The monoisotopic (exact) mass is 290 g/mol. The summed E-state index contributed by atoms with van der Waals surface area (Å²) in [5.74, 6) is 0.333. The molecule has 3 aromatic rings. The summed E-state index contributed by atoms with van der Waals surface area (Å²) >= 11 is 0.